The number of nitrogens with zero attached hydrogens (tertiary/aromatic N) is 4. The van der Waals surface area contributed by atoms with Crippen molar-refractivity contribution in [1.82, 2.24) is 25.4 Å². The van der Waals surface area contributed by atoms with Crippen molar-refractivity contribution in [2.24, 2.45) is 4.99 Å². The van der Waals surface area contributed by atoms with Crippen molar-refractivity contribution in [2.45, 2.75) is 71.2 Å². The predicted molar refractivity (Wildman–Crippen MR) is 125 cm³/mol. The smallest absolute Gasteiger partial charge is 0.410 e. The van der Waals surface area contributed by atoms with Crippen LogP contribution in [-0.4, -0.2) is 78.3 Å². The van der Waals surface area contributed by atoms with E-state index in [0.29, 0.717) is 6.04 Å². The molecule has 8 heteroatoms. The van der Waals surface area contributed by atoms with Crippen LogP contribution in [0.25, 0.3) is 0 Å². The molecule has 1 saturated heterocycles. The number of carbonyl (C=O) groups is 1. The summed E-state index contributed by atoms with van der Waals surface area (Å²) in [6.07, 6.45) is 4.51. The zero-order chi connectivity index (χ0) is 22.9. The van der Waals surface area contributed by atoms with Crippen molar-refractivity contribution < 1.29 is 9.53 Å². The maximum absolute atomic E-state index is 12.2. The number of carbonyl (C=O) groups excluding carboxylic acids is 1. The summed E-state index contributed by atoms with van der Waals surface area (Å²) in [6, 6.07) is 6.55. The first kappa shape index (κ1) is 24.9. The Morgan fingerprint density at radius 2 is 2.06 bits per heavy atom. The Bertz CT molecular complexity index is 696. The monoisotopic (exact) mass is 432 g/mol. The van der Waals surface area contributed by atoms with Gasteiger partial charge in [0.15, 0.2) is 5.96 Å². The van der Waals surface area contributed by atoms with E-state index in [0.717, 1.165) is 57.1 Å². The molecular weight excluding hydrogens is 392 g/mol. The van der Waals surface area contributed by atoms with Crippen molar-refractivity contribution in [3.63, 3.8) is 0 Å². The summed E-state index contributed by atoms with van der Waals surface area (Å²) in [5, 5.41) is 6.92. The summed E-state index contributed by atoms with van der Waals surface area (Å²) in [4.78, 5) is 25.1. The first-order valence-corrected chi connectivity index (χ1v) is 11.2. The molecule has 174 valence electrons. The third-order valence-electron chi connectivity index (χ3n) is 5.46. The fraction of sp³-hybridized carbons (Fsp3) is 0.696. The van der Waals surface area contributed by atoms with Crippen LogP contribution in [0.5, 0.6) is 0 Å². The summed E-state index contributed by atoms with van der Waals surface area (Å²) in [5.41, 5.74) is 0.638. The highest BCUT2D eigenvalue weighted by molar-refractivity contribution is 5.79. The molecule has 2 rings (SSSR count). The molecule has 31 heavy (non-hydrogen) atoms. The lowest BCUT2D eigenvalue weighted by atomic mass is 10.0. The molecule has 0 aromatic carbocycles. The lowest BCUT2D eigenvalue weighted by Crippen LogP contribution is -2.49. The third-order valence-corrected chi connectivity index (χ3v) is 5.46. The number of aromatic nitrogens is 1. The summed E-state index contributed by atoms with van der Waals surface area (Å²) in [7, 11) is 3.58. The molecule has 0 saturated carbocycles. The molecule has 2 N–H and O–H groups in total. The summed E-state index contributed by atoms with van der Waals surface area (Å²) in [6.45, 7) is 11.4. The second-order valence-electron chi connectivity index (χ2n) is 9.24. The van der Waals surface area contributed by atoms with Crippen molar-refractivity contribution in [3.8, 4) is 0 Å². The fourth-order valence-corrected chi connectivity index (χ4v) is 3.45. The number of guanidine groups is 1. The average Bonchev–Trinajstić information content (AvgIpc) is 2.73. The SMILES string of the molecule is CN=C(NCCC(C)N(C)C(=O)OC(C)(C)C)NC1CCN(Cc2ccccn2)CC1. The van der Waals surface area contributed by atoms with Crippen molar-refractivity contribution >= 4 is 12.1 Å². The molecule has 1 atom stereocenters. The van der Waals surface area contributed by atoms with E-state index in [-0.39, 0.29) is 12.1 Å². The number of ether oxygens (including phenoxy) is 1. The molecule has 1 amide bonds. The minimum Gasteiger partial charge on any atom is -0.444 e. The third kappa shape index (κ3) is 9.12. The minimum atomic E-state index is -0.484. The summed E-state index contributed by atoms with van der Waals surface area (Å²) in [5.74, 6) is 0.815. The highest BCUT2D eigenvalue weighted by Gasteiger charge is 2.23. The van der Waals surface area contributed by atoms with Crippen molar-refractivity contribution in [2.75, 3.05) is 33.7 Å². The summed E-state index contributed by atoms with van der Waals surface area (Å²) < 4.78 is 5.44. The average molecular weight is 433 g/mol. The number of amides is 1. The first-order valence-electron chi connectivity index (χ1n) is 11.2. The number of piperidine rings is 1. The van der Waals surface area contributed by atoms with Gasteiger partial charge in [-0.2, -0.15) is 0 Å². The highest BCUT2D eigenvalue weighted by atomic mass is 16.6. The second-order valence-corrected chi connectivity index (χ2v) is 9.24. The molecule has 8 nitrogen and oxygen atoms in total. The number of nitrogens with one attached hydrogen (secondary N) is 2. The van der Waals surface area contributed by atoms with E-state index >= 15 is 0 Å². The number of pyridine rings is 1. The van der Waals surface area contributed by atoms with E-state index in [1.165, 1.54) is 0 Å². The molecule has 1 fully saturated rings. The largest absolute Gasteiger partial charge is 0.444 e. The van der Waals surface area contributed by atoms with Gasteiger partial charge < -0.3 is 20.3 Å². The van der Waals surface area contributed by atoms with E-state index < -0.39 is 5.60 Å². The Morgan fingerprint density at radius 1 is 1.35 bits per heavy atom. The van der Waals surface area contributed by atoms with Gasteiger partial charge in [-0.3, -0.25) is 14.9 Å². The maximum atomic E-state index is 12.2. The van der Waals surface area contributed by atoms with E-state index in [4.69, 9.17) is 4.74 Å². The zero-order valence-corrected chi connectivity index (χ0v) is 20.0. The number of hydrogen-bond donors (Lipinski definition) is 2. The van der Waals surface area contributed by atoms with Crippen LogP contribution < -0.4 is 10.6 Å². The van der Waals surface area contributed by atoms with Crippen LogP contribution in [0.4, 0.5) is 4.79 Å². The standard InChI is InChI=1S/C23H40N6O2/c1-18(28(6)22(30)31-23(2,3)4)10-14-26-21(24-5)27-19-11-15-29(16-12-19)17-20-9-7-8-13-25-20/h7-9,13,18-19H,10-12,14-17H2,1-6H3,(H2,24,26,27). The van der Waals surface area contributed by atoms with Crippen LogP contribution in [0.2, 0.25) is 0 Å². The molecule has 2 heterocycles. The Labute approximate surface area is 187 Å². The van der Waals surface area contributed by atoms with Gasteiger partial charge in [0, 0.05) is 58.6 Å². The van der Waals surface area contributed by atoms with Gasteiger partial charge in [0.05, 0.1) is 5.69 Å². The van der Waals surface area contributed by atoms with Gasteiger partial charge >= 0.3 is 6.09 Å². The zero-order valence-electron chi connectivity index (χ0n) is 20.0. The van der Waals surface area contributed by atoms with Gasteiger partial charge in [-0.05, 0) is 59.1 Å². The van der Waals surface area contributed by atoms with Crippen molar-refractivity contribution in [1.29, 1.82) is 0 Å². The Hall–Kier alpha value is -2.35. The predicted octanol–water partition coefficient (Wildman–Crippen LogP) is 2.86. The normalized spacial score (nSPS) is 17.2. The van der Waals surface area contributed by atoms with Crippen LogP contribution in [0.3, 0.4) is 0 Å². The van der Waals surface area contributed by atoms with Gasteiger partial charge in [-0.25, -0.2) is 4.79 Å². The van der Waals surface area contributed by atoms with E-state index in [1.807, 2.05) is 46.0 Å². The fourth-order valence-electron chi connectivity index (χ4n) is 3.45. The molecule has 1 aliphatic rings. The highest BCUT2D eigenvalue weighted by Crippen LogP contribution is 2.13. The molecular formula is C23H40N6O2. The van der Waals surface area contributed by atoms with Crippen LogP contribution in [0.1, 0.15) is 52.7 Å². The molecule has 0 bridgehead atoms. The molecule has 1 aromatic heterocycles. The molecule has 0 radical (unpaired) electrons. The molecule has 0 spiro atoms. The van der Waals surface area contributed by atoms with E-state index in [9.17, 15) is 4.79 Å². The molecule has 1 aromatic rings. The number of hydrogen-bond acceptors (Lipinski definition) is 5. The minimum absolute atomic E-state index is 0.0651. The lowest BCUT2D eigenvalue weighted by molar-refractivity contribution is 0.0230. The van der Waals surface area contributed by atoms with Gasteiger partial charge in [-0.1, -0.05) is 6.07 Å². The van der Waals surface area contributed by atoms with Gasteiger partial charge in [-0.15, -0.1) is 0 Å². The molecule has 1 unspecified atom stereocenters. The number of rotatable bonds is 7. The maximum Gasteiger partial charge on any atom is 0.410 e. The number of likely N-dealkylation sites (tertiary alicyclic amines) is 1. The Morgan fingerprint density at radius 3 is 2.65 bits per heavy atom. The Kier molecular flexibility index (Phi) is 9.55. The number of aliphatic imine (C=N–C) groups is 1. The molecule has 1 aliphatic heterocycles. The van der Waals surface area contributed by atoms with E-state index in [2.05, 4.69) is 31.6 Å². The van der Waals surface area contributed by atoms with Crippen LogP contribution in [-0.2, 0) is 11.3 Å². The van der Waals surface area contributed by atoms with Crippen LogP contribution in [0, 0.1) is 0 Å². The second kappa shape index (κ2) is 11.9. The van der Waals surface area contributed by atoms with E-state index in [1.54, 1.807) is 19.0 Å². The van der Waals surface area contributed by atoms with Gasteiger partial charge in [0.1, 0.15) is 5.60 Å². The lowest BCUT2D eigenvalue weighted by Gasteiger charge is -2.33. The first-order chi connectivity index (χ1) is 14.7. The Balaban J connectivity index is 1.68. The van der Waals surface area contributed by atoms with Crippen molar-refractivity contribution in [3.05, 3.63) is 30.1 Å². The summed E-state index contributed by atoms with van der Waals surface area (Å²) >= 11 is 0. The topological polar surface area (TPSA) is 82.1 Å². The van der Waals surface area contributed by atoms with Gasteiger partial charge in [0.2, 0.25) is 0 Å². The van der Waals surface area contributed by atoms with Gasteiger partial charge in [0.25, 0.3) is 0 Å². The quantitative estimate of drug-likeness (QED) is 0.509. The molecule has 0 aliphatic carbocycles. The van der Waals surface area contributed by atoms with Crippen LogP contribution >= 0.6 is 0 Å². The van der Waals surface area contributed by atoms with Crippen LogP contribution in [0.15, 0.2) is 29.4 Å².